The van der Waals surface area contributed by atoms with Crippen LogP contribution in [0.4, 0.5) is 13.2 Å². The number of benzene rings is 1. The van der Waals surface area contributed by atoms with Crippen LogP contribution in [0.1, 0.15) is 12.2 Å². The van der Waals surface area contributed by atoms with E-state index in [0.717, 1.165) is 0 Å². The highest BCUT2D eigenvalue weighted by atomic mass is 35.5. The summed E-state index contributed by atoms with van der Waals surface area (Å²) >= 11 is 11.7. The molecule has 0 bridgehead atoms. The molecule has 1 saturated heterocycles. The largest absolute Gasteiger partial charge is 0.522 e. The molecule has 1 aliphatic rings. The Bertz CT molecular complexity index is 908. The Hall–Kier alpha value is -2.32. The molecule has 10 nitrogen and oxygen atoms in total. The van der Waals surface area contributed by atoms with Crippen LogP contribution in [0.2, 0.25) is 10.0 Å². The van der Waals surface area contributed by atoms with Gasteiger partial charge in [0.2, 0.25) is 6.29 Å². The van der Waals surface area contributed by atoms with Crippen LogP contribution in [0, 0.1) is 0 Å². The second-order valence-electron chi connectivity index (χ2n) is 6.18. The zero-order chi connectivity index (χ0) is 23.1. The Morgan fingerprint density at radius 1 is 1.12 bits per heavy atom. The topological polar surface area (TPSA) is 114 Å². The maximum absolute atomic E-state index is 12.0. The zero-order valence-corrected chi connectivity index (χ0v) is 17.6. The molecular formula is C17H16Cl2F3N3O7. The summed E-state index contributed by atoms with van der Waals surface area (Å²) in [6.07, 6.45) is -6.14. The van der Waals surface area contributed by atoms with E-state index in [0.29, 0.717) is 15.8 Å². The third-order valence-electron chi connectivity index (χ3n) is 3.72. The van der Waals surface area contributed by atoms with Gasteiger partial charge in [-0.05, 0) is 12.1 Å². The minimum absolute atomic E-state index is 0.0706. The van der Waals surface area contributed by atoms with Gasteiger partial charge in [0.15, 0.2) is 6.61 Å². The molecule has 3 rings (SSSR count). The number of rotatable bonds is 9. The fraction of sp³-hybridized carbons (Fsp3) is 0.471. The van der Waals surface area contributed by atoms with Gasteiger partial charge in [0.05, 0.1) is 35.9 Å². The Kier molecular flexibility index (Phi) is 8.37. The Balaban J connectivity index is 1.36. The molecule has 1 amide bonds. The quantitative estimate of drug-likeness (QED) is 0.517. The standard InChI is InChI=1S/C17H16Cl2F3N3O7/c18-11-2-1-10(5-12(11)19)28-8-13(26)23-9-6-29-15(30-7-9)14-24-25-16(32-14)27-3-4-31-17(20,21)22/h1-2,5,9,15H,3-4,6-8H2,(H,23,26)/t9-,15-. The van der Waals surface area contributed by atoms with Crippen LogP contribution in [-0.4, -0.2) is 61.5 Å². The normalized spacial score (nSPS) is 18.9. The first kappa shape index (κ1) is 24.3. The van der Waals surface area contributed by atoms with Gasteiger partial charge in [0.25, 0.3) is 11.8 Å². The molecule has 32 heavy (non-hydrogen) atoms. The van der Waals surface area contributed by atoms with Crippen molar-refractivity contribution >= 4 is 29.1 Å². The number of nitrogens with zero attached hydrogens (tertiary/aromatic N) is 2. The van der Waals surface area contributed by atoms with Crippen LogP contribution in [0.5, 0.6) is 11.8 Å². The highest BCUT2D eigenvalue weighted by Crippen LogP contribution is 2.26. The van der Waals surface area contributed by atoms with Crippen molar-refractivity contribution in [2.24, 2.45) is 0 Å². The molecule has 1 aliphatic heterocycles. The summed E-state index contributed by atoms with van der Waals surface area (Å²) in [5.74, 6) is -0.129. The molecule has 176 valence electrons. The lowest BCUT2D eigenvalue weighted by Gasteiger charge is -2.27. The van der Waals surface area contributed by atoms with E-state index in [1.807, 2.05) is 0 Å². The van der Waals surface area contributed by atoms with Crippen LogP contribution in [0.3, 0.4) is 0 Å². The highest BCUT2D eigenvalue weighted by molar-refractivity contribution is 6.42. The molecule has 2 aromatic rings. The van der Waals surface area contributed by atoms with E-state index in [9.17, 15) is 18.0 Å². The van der Waals surface area contributed by atoms with Crippen molar-refractivity contribution in [2.75, 3.05) is 33.0 Å². The number of hydrogen-bond donors (Lipinski definition) is 1. The number of amides is 1. The van der Waals surface area contributed by atoms with E-state index < -0.39 is 37.8 Å². The van der Waals surface area contributed by atoms with Crippen LogP contribution in [0.15, 0.2) is 22.6 Å². The molecule has 1 aromatic heterocycles. The van der Waals surface area contributed by atoms with Crippen molar-refractivity contribution in [1.82, 2.24) is 15.5 Å². The van der Waals surface area contributed by atoms with Gasteiger partial charge in [-0.15, -0.1) is 18.3 Å². The van der Waals surface area contributed by atoms with E-state index >= 15 is 0 Å². The summed E-state index contributed by atoms with van der Waals surface area (Å²) in [6, 6.07) is 4.14. The summed E-state index contributed by atoms with van der Waals surface area (Å²) in [4.78, 5) is 12.0. The summed E-state index contributed by atoms with van der Waals surface area (Å²) in [5.41, 5.74) is 0. The Labute approximate surface area is 188 Å². The predicted molar refractivity (Wildman–Crippen MR) is 100 cm³/mol. The maximum Gasteiger partial charge on any atom is 0.522 e. The second-order valence-corrected chi connectivity index (χ2v) is 6.99. The van der Waals surface area contributed by atoms with Crippen molar-refractivity contribution in [2.45, 2.75) is 18.7 Å². The lowest BCUT2D eigenvalue weighted by atomic mass is 10.3. The van der Waals surface area contributed by atoms with E-state index in [-0.39, 0.29) is 31.8 Å². The van der Waals surface area contributed by atoms with Crippen molar-refractivity contribution in [3.63, 3.8) is 0 Å². The van der Waals surface area contributed by atoms with Gasteiger partial charge in [0.1, 0.15) is 12.4 Å². The van der Waals surface area contributed by atoms with Crippen LogP contribution >= 0.6 is 23.2 Å². The monoisotopic (exact) mass is 501 g/mol. The summed E-state index contributed by atoms with van der Waals surface area (Å²) in [5, 5.41) is 10.5. The molecule has 2 heterocycles. The molecule has 0 saturated carbocycles. The summed E-state index contributed by atoms with van der Waals surface area (Å²) in [7, 11) is 0. The third-order valence-corrected chi connectivity index (χ3v) is 4.46. The molecule has 0 radical (unpaired) electrons. The third kappa shape index (κ3) is 7.67. The van der Waals surface area contributed by atoms with E-state index in [1.54, 1.807) is 12.1 Å². The van der Waals surface area contributed by atoms with Crippen LogP contribution in [0.25, 0.3) is 0 Å². The number of aromatic nitrogens is 2. The smallest absolute Gasteiger partial charge is 0.484 e. The van der Waals surface area contributed by atoms with Crippen molar-refractivity contribution in [1.29, 1.82) is 0 Å². The summed E-state index contributed by atoms with van der Waals surface area (Å²) < 4.78 is 65.4. The van der Waals surface area contributed by atoms with Crippen LogP contribution < -0.4 is 14.8 Å². The van der Waals surface area contributed by atoms with Gasteiger partial charge in [-0.3, -0.25) is 9.53 Å². The minimum atomic E-state index is -4.76. The first-order valence-electron chi connectivity index (χ1n) is 8.97. The maximum atomic E-state index is 12.0. The van der Waals surface area contributed by atoms with Gasteiger partial charge in [0, 0.05) is 6.07 Å². The minimum Gasteiger partial charge on any atom is -0.484 e. The molecule has 1 N–H and O–H groups in total. The van der Waals surface area contributed by atoms with E-state index in [1.165, 1.54) is 6.07 Å². The number of alkyl halides is 3. The first-order valence-corrected chi connectivity index (χ1v) is 9.72. The molecule has 0 atom stereocenters. The van der Waals surface area contributed by atoms with E-state index in [2.05, 4.69) is 20.3 Å². The number of carbonyl (C=O) groups excluding carboxylic acids is 1. The Morgan fingerprint density at radius 2 is 1.88 bits per heavy atom. The van der Waals surface area contributed by atoms with Gasteiger partial charge in [-0.25, -0.2) is 0 Å². The number of nitrogens with one attached hydrogen (secondary N) is 1. The molecule has 0 unspecified atom stereocenters. The molecule has 0 aliphatic carbocycles. The van der Waals surface area contributed by atoms with Crippen LogP contribution in [-0.2, 0) is 19.0 Å². The predicted octanol–water partition coefficient (Wildman–Crippen LogP) is 2.90. The molecule has 1 fully saturated rings. The molecule has 0 spiro atoms. The van der Waals surface area contributed by atoms with Gasteiger partial charge >= 0.3 is 12.4 Å². The van der Waals surface area contributed by atoms with E-state index in [4.69, 9.17) is 46.6 Å². The zero-order valence-electron chi connectivity index (χ0n) is 16.1. The fourth-order valence-electron chi connectivity index (χ4n) is 2.37. The van der Waals surface area contributed by atoms with Gasteiger partial charge in [-0.2, -0.15) is 0 Å². The highest BCUT2D eigenvalue weighted by Gasteiger charge is 2.30. The van der Waals surface area contributed by atoms with Gasteiger partial charge < -0.3 is 28.7 Å². The Morgan fingerprint density at radius 3 is 2.56 bits per heavy atom. The summed E-state index contributed by atoms with van der Waals surface area (Å²) in [6.45, 7) is -1.32. The lowest BCUT2D eigenvalue weighted by Crippen LogP contribution is -2.46. The fourth-order valence-corrected chi connectivity index (χ4v) is 2.66. The molecule has 15 heteroatoms. The second kappa shape index (κ2) is 11.0. The van der Waals surface area contributed by atoms with Crippen molar-refractivity contribution in [3.8, 4) is 11.8 Å². The number of ether oxygens (including phenoxy) is 5. The molecule has 1 aromatic carbocycles. The first-order chi connectivity index (χ1) is 15.2. The number of halogens is 5. The average Bonchev–Trinajstić information content (AvgIpc) is 3.21. The van der Waals surface area contributed by atoms with Crippen molar-refractivity contribution in [3.05, 3.63) is 34.1 Å². The molecular weight excluding hydrogens is 486 g/mol. The SMILES string of the molecule is O=C(COc1ccc(Cl)c(Cl)c1)N[C@H]1CO[C@H](c2nnc(OCCOC(F)(F)F)o2)OC1. The van der Waals surface area contributed by atoms with Crippen molar-refractivity contribution < 1.29 is 46.1 Å². The number of carbonyl (C=O) groups is 1. The van der Waals surface area contributed by atoms with Gasteiger partial charge in [-0.1, -0.05) is 28.3 Å². The average molecular weight is 502 g/mol. The number of hydrogen-bond acceptors (Lipinski definition) is 9. The lowest BCUT2D eigenvalue weighted by molar-refractivity contribution is -0.325.